The fourth-order valence-corrected chi connectivity index (χ4v) is 0.439. The minimum Gasteiger partial charge on any atom is -0.247 e. The first-order valence-corrected chi connectivity index (χ1v) is 3.35. The summed E-state index contributed by atoms with van der Waals surface area (Å²) in [5.74, 6) is 0. The molecule has 0 atom stereocenters. The molecule has 0 radical (unpaired) electrons. The molecule has 0 N–H and O–H groups in total. The van der Waals surface area contributed by atoms with Crippen LogP contribution in [0.1, 0.15) is 27.2 Å². The fourth-order valence-electron chi connectivity index (χ4n) is 0.439. The van der Waals surface area contributed by atoms with Crippen molar-refractivity contribution >= 4 is 5.71 Å². The molecule has 10 heavy (non-hydrogen) atoms. The molecule has 0 spiro atoms. The summed E-state index contributed by atoms with van der Waals surface area (Å²) in [5.41, 5.74) is 1.49. The number of nitriles is 1. The van der Waals surface area contributed by atoms with Gasteiger partial charge in [-0.3, -0.25) is 0 Å². The largest absolute Gasteiger partial charge is 0.247 e. The third-order valence-corrected chi connectivity index (χ3v) is 1.21. The molecular weight excluding hydrogens is 124 g/mol. The van der Waals surface area contributed by atoms with Crippen LogP contribution in [0.4, 0.5) is 0 Å². The third-order valence-electron chi connectivity index (χ3n) is 1.21. The Morgan fingerprint density at radius 2 is 2.30 bits per heavy atom. The average Bonchev–Trinajstić information content (AvgIpc) is 1.99. The lowest BCUT2D eigenvalue weighted by Crippen LogP contribution is -1.87. The molecule has 0 rings (SSSR count). The smallest absolute Gasteiger partial charge is 0.136 e. The Morgan fingerprint density at radius 3 is 2.60 bits per heavy atom. The zero-order valence-electron chi connectivity index (χ0n) is 6.68. The van der Waals surface area contributed by atoms with Crippen molar-refractivity contribution in [2.45, 2.75) is 27.2 Å². The van der Waals surface area contributed by atoms with E-state index in [1.165, 1.54) is 0 Å². The van der Waals surface area contributed by atoms with Crippen LogP contribution >= 0.6 is 0 Å². The second-order valence-corrected chi connectivity index (χ2v) is 1.99. The summed E-state index contributed by atoms with van der Waals surface area (Å²) >= 11 is 0. The van der Waals surface area contributed by atoms with Crippen LogP contribution in [0.25, 0.3) is 0 Å². The van der Waals surface area contributed by atoms with Crippen LogP contribution in [0, 0.1) is 11.3 Å². The average molecular weight is 136 g/mol. The summed E-state index contributed by atoms with van der Waals surface area (Å²) in [5, 5.41) is 8.45. The summed E-state index contributed by atoms with van der Waals surface area (Å²) in [6.07, 6.45) is 2.61. The zero-order valence-corrected chi connectivity index (χ0v) is 6.68. The molecule has 2 nitrogen and oxygen atoms in total. The molecule has 0 unspecified atom stereocenters. The quantitative estimate of drug-likeness (QED) is 0.423. The molecule has 0 aliphatic carbocycles. The van der Waals surface area contributed by atoms with E-state index in [0.29, 0.717) is 5.70 Å². The van der Waals surface area contributed by atoms with Crippen molar-refractivity contribution in [3.8, 4) is 6.07 Å². The van der Waals surface area contributed by atoms with Crippen molar-refractivity contribution in [3.05, 3.63) is 11.8 Å². The highest BCUT2D eigenvalue weighted by Gasteiger charge is 1.88. The predicted molar refractivity (Wildman–Crippen MR) is 42.8 cm³/mol. The van der Waals surface area contributed by atoms with Crippen molar-refractivity contribution in [3.63, 3.8) is 0 Å². The second kappa shape index (κ2) is 4.75. The first-order valence-electron chi connectivity index (χ1n) is 3.35. The van der Waals surface area contributed by atoms with E-state index in [1.54, 1.807) is 6.08 Å². The maximum atomic E-state index is 8.45. The van der Waals surface area contributed by atoms with Gasteiger partial charge < -0.3 is 0 Å². The van der Waals surface area contributed by atoms with Crippen molar-refractivity contribution in [1.29, 1.82) is 5.26 Å². The highest BCUT2D eigenvalue weighted by Crippen LogP contribution is 1.96. The molecule has 0 aromatic carbocycles. The van der Waals surface area contributed by atoms with Crippen molar-refractivity contribution < 1.29 is 0 Å². The van der Waals surface area contributed by atoms with Crippen LogP contribution in [0.5, 0.6) is 0 Å². The van der Waals surface area contributed by atoms with E-state index >= 15 is 0 Å². The van der Waals surface area contributed by atoms with Gasteiger partial charge in [0.1, 0.15) is 11.8 Å². The van der Waals surface area contributed by atoms with Gasteiger partial charge in [0.15, 0.2) is 0 Å². The minimum absolute atomic E-state index is 0.499. The summed E-state index contributed by atoms with van der Waals surface area (Å²) in [6, 6.07) is 1.99. The standard InChI is InChI=1S/C8H12N2/c1-4-7(3)10-8(5-2)6-9/h5H,4H2,1-3H3/b8-5-,10-7-. The zero-order chi connectivity index (χ0) is 7.98. The maximum Gasteiger partial charge on any atom is 0.136 e. The molecule has 2 heteroatoms. The van der Waals surface area contributed by atoms with E-state index in [1.807, 2.05) is 26.8 Å². The van der Waals surface area contributed by atoms with Crippen molar-refractivity contribution in [2.24, 2.45) is 4.99 Å². The normalized spacial score (nSPS) is 13.0. The van der Waals surface area contributed by atoms with Crippen LogP contribution in [0.3, 0.4) is 0 Å². The lowest BCUT2D eigenvalue weighted by atomic mass is 10.3. The first kappa shape index (κ1) is 8.90. The molecule has 0 amide bonds. The monoisotopic (exact) mass is 136 g/mol. The molecule has 0 aromatic heterocycles. The molecule has 54 valence electrons. The maximum absolute atomic E-state index is 8.45. The molecule has 0 heterocycles. The van der Waals surface area contributed by atoms with Crippen LogP contribution in [0.15, 0.2) is 16.8 Å². The summed E-state index contributed by atoms with van der Waals surface area (Å²) in [7, 11) is 0. The summed E-state index contributed by atoms with van der Waals surface area (Å²) in [6.45, 7) is 5.75. The molecule has 0 fully saturated rings. The minimum atomic E-state index is 0.499. The third kappa shape index (κ3) is 3.03. The van der Waals surface area contributed by atoms with Crippen molar-refractivity contribution in [2.75, 3.05) is 0 Å². The van der Waals surface area contributed by atoms with Gasteiger partial charge in [-0.15, -0.1) is 0 Å². The predicted octanol–water partition coefficient (Wildman–Crippen LogP) is 2.28. The highest BCUT2D eigenvalue weighted by molar-refractivity contribution is 5.82. The molecule has 0 bridgehead atoms. The molecule has 0 aliphatic rings. The van der Waals surface area contributed by atoms with Gasteiger partial charge in [0.25, 0.3) is 0 Å². The van der Waals surface area contributed by atoms with Gasteiger partial charge in [-0.2, -0.15) is 5.26 Å². The summed E-state index contributed by atoms with van der Waals surface area (Å²) in [4.78, 5) is 4.05. The van der Waals surface area contributed by atoms with Crippen LogP contribution in [-0.4, -0.2) is 5.71 Å². The first-order chi connectivity index (χ1) is 4.74. The highest BCUT2D eigenvalue weighted by atomic mass is 14.7. The number of allylic oxidation sites excluding steroid dienone is 2. The van der Waals surface area contributed by atoms with Crippen molar-refractivity contribution in [1.82, 2.24) is 0 Å². The summed E-state index contributed by atoms with van der Waals surface area (Å²) < 4.78 is 0. The molecular formula is C8H12N2. The Kier molecular flexibility index (Phi) is 4.23. The number of nitrogens with zero attached hydrogens (tertiary/aromatic N) is 2. The van der Waals surface area contributed by atoms with Gasteiger partial charge in [-0.1, -0.05) is 13.0 Å². The Balaban J connectivity index is 4.27. The van der Waals surface area contributed by atoms with Crippen LogP contribution < -0.4 is 0 Å². The van der Waals surface area contributed by atoms with Gasteiger partial charge in [0, 0.05) is 5.71 Å². The van der Waals surface area contributed by atoms with E-state index in [2.05, 4.69) is 4.99 Å². The SMILES string of the molecule is C/C=C(C#N)\N=C(\C)CC. The van der Waals surface area contributed by atoms with Crippen LogP contribution in [-0.2, 0) is 0 Å². The Labute approximate surface area is 61.9 Å². The molecule has 0 aromatic rings. The number of aliphatic imine (C=N–C) groups is 1. The topological polar surface area (TPSA) is 36.1 Å². The van der Waals surface area contributed by atoms with Gasteiger partial charge in [0.05, 0.1) is 0 Å². The second-order valence-electron chi connectivity index (χ2n) is 1.99. The van der Waals surface area contributed by atoms with E-state index in [4.69, 9.17) is 5.26 Å². The Hall–Kier alpha value is -1.10. The van der Waals surface area contributed by atoms with E-state index in [9.17, 15) is 0 Å². The number of hydrogen-bond acceptors (Lipinski definition) is 2. The van der Waals surface area contributed by atoms with Gasteiger partial charge in [0.2, 0.25) is 0 Å². The van der Waals surface area contributed by atoms with E-state index < -0.39 is 0 Å². The van der Waals surface area contributed by atoms with Gasteiger partial charge in [-0.25, -0.2) is 4.99 Å². The Bertz CT molecular complexity index is 194. The van der Waals surface area contributed by atoms with Gasteiger partial charge >= 0.3 is 0 Å². The Morgan fingerprint density at radius 1 is 1.70 bits per heavy atom. The molecule has 0 saturated heterocycles. The van der Waals surface area contributed by atoms with E-state index in [-0.39, 0.29) is 0 Å². The lowest BCUT2D eigenvalue weighted by Gasteiger charge is -1.91. The number of rotatable bonds is 2. The number of hydrogen-bond donors (Lipinski definition) is 0. The van der Waals surface area contributed by atoms with E-state index in [0.717, 1.165) is 12.1 Å². The van der Waals surface area contributed by atoms with Gasteiger partial charge in [-0.05, 0) is 20.3 Å². The molecule has 0 aliphatic heterocycles. The lowest BCUT2D eigenvalue weighted by molar-refractivity contribution is 1.23. The fraction of sp³-hybridized carbons (Fsp3) is 0.500. The van der Waals surface area contributed by atoms with Crippen LogP contribution in [0.2, 0.25) is 0 Å². The molecule has 0 saturated carbocycles.